The fourth-order valence-electron chi connectivity index (χ4n) is 2.49. The van der Waals surface area contributed by atoms with Crippen LogP contribution in [0.2, 0.25) is 0 Å². The van der Waals surface area contributed by atoms with E-state index in [-0.39, 0.29) is 0 Å². The molecule has 2 aromatic carbocycles. The molecular formula is C17H13N3OS. The summed E-state index contributed by atoms with van der Waals surface area (Å²) in [6.45, 7) is 1.98. The Morgan fingerprint density at radius 1 is 1.27 bits per heavy atom. The first-order valence-corrected chi connectivity index (χ1v) is 7.78. The van der Waals surface area contributed by atoms with Gasteiger partial charge in [0, 0.05) is 22.7 Å². The summed E-state index contributed by atoms with van der Waals surface area (Å²) in [5.74, 6) is 0.366. The number of nitrogens with zero attached hydrogens (tertiary/aromatic N) is 3. The van der Waals surface area contributed by atoms with Crippen molar-refractivity contribution in [2.45, 2.75) is 12.1 Å². The molecule has 0 aliphatic rings. The van der Waals surface area contributed by atoms with Gasteiger partial charge in [-0.2, -0.15) is 5.26 Å². The summed E-state index contributed by atoms with van der Waals surface area (Å²) < 4.78 is 2.03. The monoisotopic (exact) mass is 307 g/mol. The number of fused-ring (bicyclic) bond motifs is 1. The average molecular weight is 307 g/mol. The van der Waals surface area contributed by atoms with Crippen LogP contribution in [0.5, 0.6) is 0 Å². The van der Waals surface area contributed by atoms with Crippen LogP contribution in [-0.2, 0) is 4.79 Å². The summed E-state index contributed by atoms with van der Waals surface area (Å²) in [7, 11) is 0. The summed E-state index contributed by atoms with van der Waals surface area (Å²) in [4.78, 5) is 15.0. The number of aldehydes is 1. The van der Waals surface area contributed by atoms with E-state index in [2.05, 4.69) is 11.1 Å². The molecule has 0 aliphatic carbocycles. The minimum absolute atomic E-state index is 0.366. The molecule has 4 nitrogen and oxygen atoms in total. The third kappa shape index (κ3) is 2.38. The Labute approximate surface area is 132 Å². The summed E-state index contributed by atoms with van der Waals surface area (Å²) in [6, 6.07) is 13.8. The number of nitriles is 1. The summed E-state index contributed by atoms with van der Waals surface area (Å²) in [6.07, 6.45) is 2.66. The second-order valence-electron chi connectivity index (χ2n) is 4.78. The first-order valence-electron chi connectivity index (χ1n) is 6.79. The van der Waals surface area contributed by atoms with Crippen molar-refractivity contribution in [1.29, 1.82) is 5.26 Å². The Hall–Kier alpha value is -2.58. The predicted molar refractivity (Wildman–Crippen MR) is 87.3 cm³/mol. The molecule has 0 saturated carbocycles. The summed E-state index contributed by atoms with van der Waals surface area (Å²) in [5, 5.41) is 12.0. The van der Waals surface area contributed by atoms with Crippen molar-refractivity contribution < 1.29 is 4.79 Å². The van der Waals surface area contributed by atoms with Gasteiger partial charge in [0.25, 0.3) is 0 Å². The molecule has 5 heteroatoms. The number of thioether (sulfide) groups is 1. The van der Waals surface area contributed by atoms with Gasteiger partial charge in [-0.15, -0.1) is 0 Å². The molecule has 0 radical (unpaired) electrons. The van der Waals surface area contributed by atoms with Crippen LogP contribution < -0.4 is 0 Å². The van der Waals surface area contributed by atoms with Crippen LogP contribution in [0.1, 0.15) is 11.3 Å². The maximum absolute atomic E-state index is 10.6. The fourth-order valence-corrected chi connectivity index (χ4v) is 3.21. The van der Waals surface area contributed by atoms with Gasteiger partial charge < -0.3 is 4.79 Å². The van der Waals surface area contributed by atoms with Crippen molar-refractivity contribution >= 4 is 28.8 Å². The summed E-state index contributed by atoms with van der Waals surface area (Å²) >= 11 is 1.40. The van der Waals surface area contributed by atoms with E-state index in [1.165, 1.54) is 11.8 Å². The largest absolute Gasteiger partial charge is 0.302 e. The van der Waals surface area contributed by atoms with Crippen molar-refractivity contribution in [3.05, 3.63) is 53.9 Å². The van der Waals surface area contributed by atoms with Crippen LogP contribution in [0, 0.1) is 18.3 Å². The zero-order chi connectivity index (χ0) is 15.5. The van der Waals surface area contributed by atoms with Crippen LogP contribution in [0.25, 0.3) is 16.5 Å². The molecule has 22 heavy (non-hydrogen) atoms. The fraction of sp³-hybridized carbons (Fsp3) is 0.118. The van der Waals surface area contributed by atoms with E-state index in [0.717, 1.165) is 33.6 Å². The van der Waals surface area contributed by atoms with Crippen LogP contribution in [0.4, 0.5) is 0 Å². The van der Waals surface area contributed by atoms with Gasteiger partial charge in [-0.1, -0.05) is 36.0 Å². The number of hydrogen-bond donors (Lipinski definition) is 0. The predicted octanol–water partition coefficient (Wildman–Crippen LogP) is 3.50. The SMILES string of the molecule is Cc1cnc(SCC=O)n1-c1ccc(C#N)c2ccccc12. The molecule has 3 rings (SSSR count). The van der Waals surface area contributed by atoms with Gasteiger partial charge in [0.1, 0.15) is 6.29 Å². The lowest BCUT2D eigenvalue weighted by Gasteiger charge is -2.13. The number of carbonyl (C=O) groups excluding carboxylic acids is 1. The molecule has 1 aromatic heterocycles. The molecule has 0 fully saturated rings. The maximum Gasteiger partial charge on any atom is 0.173 e. The van der Waals surface area contributed by atoms with Crippen LogP contribution >= 0.6 is 11.8 Å². The van der Waals surface area contributed by atoms with E-state index in [4.69, 9.17) is 0 Å². The zero-order valence-electron chi connectivity index (χ0n) is 12.0. The number of rotatable bonds is 4. The van der Waals surface area contributed by atoms with Crippen molar-refractivity contribution in [3.63, 3.8) is 0 Å². The van der Waals surface area contributed by atoms with E-state index < -0.39 is 0 Å². The molecular weight excluding hydrogens is 294 g/mol. The molecule has 0 bridgehead atoms. The number of imidazole rings is 1. The van der Waals surface area contributed by atoms with Crippen molar-refractivity contribution in [1.82, 2.24) is 9.55 Å². The minimum atomic E-state index is 0.366. The molecule has 108 valence electrons. The highest BCUT2D eigenvalue weighted by atomic mass is 32.2. The molecule has 0 unspecified atom stereocenters. The van der Waals surface area contributed by atoms with Gasteiger partial charge in [0.15, 0.2) is 5.16 Å². The highest BCUT2D eigenvalue weighted by Gasteiger charge is 2.13. The van der Waals surface area contributed by atoms with Crippen molar-refractivity contribution in [3.8, 4) is 11.8 Å². The Morgan fingerprint density at radius 2 is 2.05 bits per heavy atom. The zero-order valence-corrected chi connectivity index (χ0v) is 12.8. The topological polar surface area (TPSA) is 58.7 Å². The number of benzene rings is 2. The lowest BCUT2D eigenvalue weighted by Crippen LogP contribution is -2.01. The first-order chi connectivity index (χ1) is 10.8. The summed E-state index contributed by atoms with van der Waals surface area (Å²) in [5.41, 5.74) is 2.61. The van der Waals surface area contributed by atoms with E-state index in [9.17, 15) is 10.1 Å². The third-order valence-corrected chi connectivity index (χ3v) is 4.30. The average Bonchev–Trinajstić information content (AvgIpc) is 2.92. The minimum Gasteiger partial charge on any atom is -0.302 e. The van der Waals surface area contributed by atoms with E-state index in [0.29, 0.717) is 11.3 Å². The lowest BCUT2D eigenvalue weighted by atomic mass is 10.0. The van der Waals surface area contributed by atoms with Crippen LogP contribution in [-0.4, -0.2) is 21.6 Å². The molecule has 0 amide bonds. The second kappa shape index (κ2) is 6.04. The molecule has 1 heterocycles. The highest BCUT2D eigenvalue weighted by Crippen LogP contribution is 2.30. The van der Waals surface area contributed by atoms with Gasteiger partial charge in [-0.3, -0.25) is 4.57 Å². The Balaban J connectivity index is 2.26. The normalized spacial score (nSPS) is 10.5. The molecule has 0 saturated heterocycles. The van der Waals surface area contributed by atoms with Crippen LogP contribution in [0.3, 0.4) is 0 Å². The molecule has 0 N–H and O–H groups in total. The smallest absolute Gasteiger partial charge is 0.173 e. The van der Waals surface area contributed by atoms with Crippen molar-refractivity contribution in [2.75, 3.05) is 5.75 Å². The van der Waals surface area contributed by atoms with Gasteiger partial charge >= 0.3 is 0 Å². The number of hydrogen-bond acceptors (Lipinski definition) is 4. The third-order valence-electron chi connectivity index (χ3n) is 3.45. The van der Waals surface area contributed by atoms with Gasteiger partial charge in [0.05, 0.1) is 23.1 Å². The van der Waals surface area contributed by atoms with E-state index in [1.807, 2.05) is 47.9 Å². The molecule has 0 aliphatic heterocycles. The standard InChI is InChI=1S/C17H13N3OS/c1-12-11-19-17(22-9-8-21)20(12)16-7-6-13(10-18)14-4-2-3-5-15(14)16/h2-8,11H,9H2,1H3. The first kappa shape index (κ1) is 14.4. The maximum atomic E-state index is 10.6. The Morgan fingerprint density at radius 3 is 2.77 bits per heavy atom. The molecule has 3 aromatic rings. The Kier molecular flexibility index (Phi) is 3.94. The number of aryl methyl sites for hydroxylation is 1. The highest BCUT2D eigenvalue weighted by molar-refractivity contribution is 7.99. The van der Waals surface area contributed by atoms with Crippen molar-refractivity contribution in [2.24, 2.45) is 0 Å². The van der Waals surface area contributed by atoms with E-state index >= 15 is 0 Å². The Bertz CT molecular complexity index is 893. The quantitative estimate of drug-likeness (QED) is 0.547. The van der Waals surface area contributed by atoms with E-state index in [1.54, 1.807) is 6.20 Å². The van der Waals surface area contributed by atoms with Gasteiger partial charge in [-0.05, 0) is 19.1 Å². The lowest BCUT2D eigenvalue weighted by molar-refractivity contribution is -0.105. The number of carbonyl (C=O) groups is 1. The number of aromatic nitrogens is 2. The second-order valence-corrected chi connectivity index (χ2v) is 5.77. The molecule has 0 atom stereocenters. The van der Waals surface area contributed by atoms with Gasteiger partial charge in [0.2, 0.25) is 0 Å². The van der Waals surface area contributed by atoms with Crippen LogP contribution in [0.15, 0.2) is 47.8 Å². The molecule has 0 spiro atoms. The van der Waals surface area contributed by atoms with Gasteiger partial charge in [-0.25, -0.2) is 4.98 Å².